The fourth-order valence-electron chi connectivity index (χ4n) is 2.08. The lowest BCUT2D eigenvalue weighted by Crippen LogP contribution is -2.18. The van der Waals surface area contributed by atoms with Crippen molar-refractivity contribution in [2.24, 2.45) is 11.1 Å². The van der Waals surface area contributed by atoms with E-state index in [1.807, 2.05) is 6.08 Å². The summed E-state index contributed by atoms with van der Waals surface area (Å²) in [5.74, 6) is 0. The van der Waals surface area contributed by atoms with Gasteiger partial charge in [0.1, 0.15) is 0 Å². The molecular weight excluding hydrogens is 160 g/mol. The molecule has 0 amide bonds. The van der Waals surface area contributed by atoms with Crippen LogP contribution in [-0.2, 0) is 0 Å². The molecule has 0 radical (unpaired) electrons. The van der Waals surface area contributed by atoms with E-state index in [1.54, 1.807) is 0 Å². The van der Waals surface area contributed by atoms with E-state index in [0.717, 1.165) is 24.8 Å². The van der Waals surface area contributed by atoms with Crippen LogP contribution in [0.15, 0.2) is 35.6 Å². The van der Waals surface area contributed by atoms with Crippen LogP contribution in [0, 0.1) is 16.7 Å². The highest BCUT2D eigenvalue weighted by atomic mass is 14.6. The van der Waals surface area contributed by atoms with Crippen molar-refractivity contribution in [2.45, 2.75) is 19.3 Å². The van der Waals surface area contributed by atoms with Gasteiger partial charge in [0.2, 0.25) is 0 Å². The summed E-state index contributed by atoms with van der Waals surface area (Å²) in [6.45, 7) is 0. The first-order valence-corrected chi connectivity index (χ1v) is 4.56. The SMILES string of the molecule is N#CC1=C(N)C=CC12C=CCCC2. The normalized spacial score (nSPS) is 31.3. The summed E-state index contributed by atoms with van der Waals surface area (Å²) in [7, 11) is 0. The molecule has 2 N–H and O–H groups in total. The molecule has 0 aromatic heterocycles. The second-order valence-corrected chi connectivity index (χ2v) is 3.61. The van der Waals surface area contributed by atoms with Crippen LogP contribution in [0.2, 0.25) is 0 Å². The third-order valence-electron chi connectivity index (χ3n) is 2.80. The molecular formula is C11H12N2. The highest BCUT2D eigenvalue weighted by Gasteiger charge is 2.35. The molecule has 0 aliphatic heterocycles. The van der Waals surface area contributed by atoms with Crippen molar-refractivity contribution in [1.29, 1.82) is 5.26 Å². The Balaban J connectivity index is 2.46. The van der Waals surface area contributed by atoms with Crippen LogP contribution in [0.3, 0.4) is 0 Å². The highest BCUT2D eigenvalue weighted by molar-refractivity contribution is 5.51. The fourth-order valence-corrected chi connectivity index (χ4v) is 2.08. The largest absolute Gasteiger partial charge is 0.398 e. The smallest absolute Gasteiger partial charge is 0.0981 e. The van der Waals surface area contributed by atoms with E-state index in [-0.39, 0.29) is 5.41 Å². The van der Waals surface area contributed by atoms with Gasteiger partial charge in [-0.15, -0.1) is 0 Å². The number of nitriles is 1. The first-order chi connectivity index (χ1) is 6.28. The first-order valence-electron chi connectivity index (χ1n) is 4.56. The van der Waals surface area contributed by atoms with Crippen molar-refractivity contribution < 1.29 is 0 Å². The molecule has 0 aromatic carbocycles. The van der Waals surface area contributed by atoms with E-state index in [1.165, 1.54) is 0 Å². The van der Waals surface area contributed by atoms with E-state index < -0.39 is 0 Å². The second-order valence-electron chi connectivity index (χ2n) is 3.61. The van der Waals surface area contributed by atoms with Gasteiger partial charge in [-0.2, -0.15) is 5.26 Å². The maximum absolute atomic E-state index is 8.99. The number of nitrogens with two attached hydrogens (primary N) is 1. The molecule has 1 atom stereocenters. The Morgan fingerprint density at radius 3 is 2.92 bits per heavy atom. The van der Waals surface area contributed by atoms with Crippen LogP contribution in [0.5, 0.6) is 0 Å². The van der Waals surface area contributed by atoms with Crippen LogP contribution >= 0.6 is 0 Å². The summed E-state index contributed by atoms with van der Waals surface area (Å²) < 4.78 is 0. The molecule has 0 bridgehead atoms. The van der Waals surface area contributed by atoms with Gasteiger partial charge in [0.25, 0.3) is 0 Å². The minimum atomic E-state index is -0.156. The summed E-state index contributed by atoms with van der Waals surface area (Å²) >= 11 is 0. The Morgan fingerprint density at radius 2 is 2.31 bits per heavy atom. The van der Waals surface area contributed by atoms with Gasteiger partial charge in [0.05, 0.1) is 11.6 Å². The summed E-state index contributed by atoms with van der Waals surface area (Å²) in [6, 6.07) is 2.22. The van der Waals surface area contributed by atoms with E-state index >= 15 is 0 Å². The Kier molecular flexibility index (Phi) is 1.73. The standard InChI is InChI=1S/C11H12N2/c12-8-9-10(13)4-7-11(9)5-2-1-3-6-11/h2,4-5,7H,1,3,6,13H2. The van der Waals surface area contributed by atoms with Gasteiger partial charge in [-0.05, 0) is 25.3 Å². The molecule has 2 rings (SSSR count). The first kappa shape index (κ1) is 8.12. The lowest BCUT2D eigenvalue weighted by atomic mass is 9.75. The molecule has 2 heteroatoms. The molecule has 66 valence electrons. The lowest BCUT2D eigenvalue weighted by Gasteiger charge is -2.26. The summed E-state index contributed by atoms with van der Waals surface area (Å²) in [5, 5.41) is 8.99. The highest BCUT2D eigenvalue weighted by Crippen LogP contribution is 2.43. The summed E-state index contributed by atoms with van der Waals surface area (Å²) in [6.07, 6.45) is 11.4. The topological polar surface area (TPSA) is 49.8 Å². The van der Waals surface area contributed by atoms with Crippen molar-refractivity contribution in [2.75, 3.05) is 0 Å². The molecule has 2 aliphatic rings. The minimum Gasteiger partial charge on any atom is -0.398 e. The molecule has 0 aromatic rings. The second kappa shape index (κ2) is 2.77. The third kappa shape index (κ3) is 1.08. The lowest BCUT2D eigenvalue weighted by molar-refractivity contribution is 0.502. The van der Waals surface area contributed by atoms with Gasteiger partial charge < -0.3 is 5.73 Å². The molecule has 1 spiro atoms. The Morgan fingerprint density at radius 1 is 1.46 bits per heavy atom. The van der Waals surface area contributed by atoms with Crippen molar-refractivity contribution in [3.63, 3.8) is 0 Å². The van der Waals surface area contributed by atoms with E-state index in [4.69, 9.17) is 11.0 Å². The van der Waals surface area contributed by atoms with Crippen molar-refractivity contribution in [1.82, 2.24) is 0 Å². The van der Waals surface area contributed by atoms with Gasteiger partial charge in [-0.3, -0.25) is 0 Å². The number of nitrogens with zero attached hydrogens (tertiary/aromatic N) is 1. The number of hydrogen-bond acceptors (Lipinski definition) is 2. The van der Waals surface area contributed by atoms with Crippen molar-refractivity contribution >= 4 is 0 Å². The number of allylic oxidation sites excluding steroid dienone is 5. The third-order valence-corrected chi connectivity index (χ3v) is 2.80. The Labute approximate surface area is 78.0 Å². The van der Waals surface area contributed by atoms with Crippen LogP contribution in [0.1, 0.15) is 19.3 Å². The van der Waals surface area contributed by atoms with Crippen molar-refractivity contribution in [3.05, 3.63) is 35.6 Å². The van der Waals surface area contributed by atoms with Crippen LogP contribution in [0.25, 0.3) is 0 Å². The predicted molar refractivity (Wildman–Crippen MR) is 51.4 cm³/mol. The van der Waals surface area contributed by atoms with Crippen LogP contribution in [-0.4, -0.2) is 0 Å². The molecule has 0 saturated carbocycles. The molecule has 1 unspecified atom stereocenters. The van der Waals surface area contributed by atoms with E-state index in [9.17, 15) is 0 Å². The molecule has 2 nitrogen and oxygen atoms in total. The Hall–Kier alpha value is -1.49. The molecule has 2 aliphatic carbocycles. The maximum Gasteiger partial charge on any atom is 0.0981 e. The molecule has 13 heavy (non-hydrogen) atoms. The molecule has 0 fully saturated rings. The number of hydrogen-bond donors (Lipinski definition) is 1. The van der Waals surface area contributed by atoms with Gasteiger partial charge >= 0.3 is 0 Å². The zero-order valence-electron chi connectivity index (χ0n) is 7.46. The fraction of sp³-hybridized carbons (Fsp3) is 0.364. The molecule has 0 heterocycles. The van der Waals surface area contributed by atoms with Crippen molar-refractivity contribution in [3.8, 4) is 6.07 Å². The molecule has 0 saturated heterocycles. The maximum atomic E-state index is 8.99. The average molecular weight is 172 g/mol. The van der Waals surface area contributed by atoms with Gasteiger partial charge in [0, 0.05) is 11.1 Å². The van der Waals surface area contributed by atoms with E-state index in [2.05, 4.69) is 24.3 Å². The minimum absolute atomic E-state index is 0.156. The summed E-state index contributed by atoms with van der Waals surface area (Å²) in [5.41, 5.74) is 6.93. The van der Waals surface area contributed by atoms with Gasteiger partial charge in [-0.1, -0.05) is 18.2 Å². The van der Waals surface area contributed by atoms with Gasteiger partial charge in [0.15, 0.2) is 0 Å². The predicted octanol–water partition coefficient (Wildman–Crippen LogP) is 2.02. The monoisotopic (exact) mass is 172 g/mol. The zero-order valence-corrected chi connectivity index (χ0v) is 7.46. The quantitative estimate of drug-likeness (QED) is 0.568. The number of rotatable bonds is 0. The van der Waals surface area contributed by atoms with Crippen LogP contribution in [0.4, 0.5) is 0 Å². The summed E-state index contributed by atoms with van der Waals surface area (Å²) in [4.78, 5) is 0. The van der Waals surface area contributed by atoms with Gasteiger partial charge in [-0.25, -0.2) is 0 Å². The van der Waals surface area contributed by atoms with E-state index in [0.29, 0.717) is 5.70 Å². The Bertz CT molecular complexity index is 355. The van der Waals surface area contributed by atoms with Crippen LogP contribution < -0.4 is 5.73 Å². The average Bonchev–Trinajstić information content (AvgIpc) is 2.45. The zero-order chi connectivity index (χ0) is 9.31.